The van der Waals surface area contributed by atoms with Crippen LogP contribution in [0.15, 0.2) is 24.3 Å². The van der Waals surface area contributed by atoms with Gasteiger partial charge >= 0.3 is 6.03 Å². The maximum atomic E-state index is 11.9. The van der Waals surface area contributed by atoms with Gasteiger partial charge in [0, 0.05) is 37.9 Å². The van der Waals surface area contributed by atoms with Crippen LogP contribution >= 0.6 is 0 Å². The van der Waals surface area contributed by atoms with Crippen molar-refractivity contribution in [3.63, 3.8) is 0 Å². The zero-order valence-corrected chi connectivity index (χ0v) is 13.9. The van der Waals surface area contributed by atoms with E-state index in [9.17, 15) is 9.59 Å². The Kier molecular flexibility index (Phi) is 7.12. The minimum Gasteiger partial charge on any atom is -0.383 e. The van der Waals surface area contributed by atoms with Crippen LogP contribution in [0.25, 0.3) is 0 Å². The molecule has 0 atom stereocenters. The minimum atomic E-state index is -0.264. The Labute approximate surface area is 142 Å². The lowest BCUT2D eigenvalue weighted by Gasteiger charge is -2.26. The van der Waals surface area contributed by atoms with E-state index in [1.165, 1.54) is 0 Å². The van der Waals surface area contributed by atoms with Crippen LogP contribution in [0.3, 0.4) is 0 Å². The molecule has 0 aromatic heterocycles. The first-order chi connectivity index (χ1) is 11.7. The van der Waals surface area contributed by atoms with Gasteiger partial charge < -0.3 is 20.3 Å². The second-order valence-electron chi connectivity index (χ2n) is 5.45. The maximum Gasteiger partial charge on any atom is 0.315 e. The summed E-state index contributed by atoms with van der Waals surface area (Å²) in [6.07, 6.45) is 2.65. The van der Waals surface area contributed by atoms with Crippen LogP contribution in [0.1, 0.15) is 24.8 Å². The molecule has 128 valence electrons. The molecule has 1 aliphatic heterocycles. The Balaban J connectivity index is 1.80. The van der Waals surface area contributed by atoms with Gasteiger partial charge in [0.25, 0.3) is 0 Å². The largest absolute Gasteiger partial charge is 0.383 e. The van der Waals surface area contributed by atoms with Crippen LogP contribution in [0.5, 0.6) is 0 Å². The van der Waals surface area contributed by atoms with Gasteiger partial charge in [-0.1, -0.05) is 11.8 Å². The van der Waals surface area contributed by atoms with Gasteiger partial charge in [-0.15, -0.1) is 0 Å². The van der Waals surface area contributed by atoms with Crippen molar-refractivity contribution in [2.45, 2.75) is 19.3 Å². The van der Waals surface area contributed by atoms with E-state index < -0.39 is 0 Å². The second-order valence-corrected chi connectivity index (χ2v) is 5.45. The molecule has 1 heterocycles. The molecule has 24 heavy (non-hydrogen) atoms. The summed E-state index contributed by atoms with van der Waals surface area (Å²) >= 11 is 0. The molecule has 0 bridgehead atoms. The third-order valence-corrected chi connectivity index (χ3v) is 3.66. The number of ether oxygens (including phenoxy) is 1. The Morgan fingerprint density at radius 2 is 2.04 bits per heavy atom. The van der Waals surface area contributed by atoms with Gasteiger partial charge in [-0.3, -0.25) is 4.79 Å². The minimum absolute atomic E-state index is 0.184. The highest BCUT2D eigenvalue weighted by molar-refractivity contribution is 5.94. The summed E-state index contributed by atoms with van der Waals surface area (Å²) in [6, 6.07) is 7.35. The number of carbonyl (C=O) groups excluding carboxylic acids is 2. The Hall–Kier alpha value is -2.52. The predicted molar refractivity (Wildman–Crippen MR) is 92.8 cm³/mol. The van der Waals surface area contributed by atoms with Crippen LogP contribution < -0.4 is 15.5 Å². The molecule has 0 unspecified atom stereocenters. The SMILES string of the molecule is COCCNC(=O)NCC#Cc1ccc(N2CCCCC2=O)cc1. The fourth-order valence-corrected chi connectivity index (χ4v) is 2.40. The predicted octanol–water partition coefficient (Wildman–Crippen LogP) is 1.50. The summed E-state index contributed by atoms with van der Waals surface area (Å²) in [5.41, 5.74) is 1.77. The molecule has 6 nitrogen and oxygen atoms in total. The monoisotopic (exact) mass is 329 g/mol. The zero-order chi connectivity index (χ0) is 17.2. The Morgan fingerprint density at radius 1 is 1.25 bits per heavy atom. The molecule has 1 fully saturated rings. The molecule has 1 aromatic carbocycles. The summed E-state index contributed by atoms with van der Waals surface area (Å²) < 4.78 is 4.84. The first-order valence-corrected chi connectivity index (χ1v) is 8.10. The van der Waals surface area contributed by atoms with Gasteiger partial charge in [0.1, 0.15) is 0 Å². The number of nitrogens with zero attached hydrogens (tertiary/aromatic N) is 1. The lowest BCUT2D eigenvalue weighted by Crippen LogP contribution is -2.37. The Morgan fingerprint density at radius 3 is 2.75 bits per heavy atom. The molecule has 1 aliphatic rings. The molecule has 0 saturated carbocycles. The number of carbonyl (C=O) groups is 2. The van der Waals surface area contributed by atoms with E-state index in [1.54, 1.807) is 7.11 Å². The maximum absolute atomic E-state index is 11.9. The quantitative estimate of drug-likeness (QED) is 0.635. The fourth-order valence-electron chi connectivity index (χ4n) is 2.40. The molecular weight excluding hydrogens is 306 g/mol. The van der Waals surface area contributed by atoms with Crippen LogP contribution in [0.4, 0.5) is 10.5 Å². The molecule has 1 aromatic rings. The summed E-state index contributed by atoms with van der Waals surface area (Å²) in [4.78, 5) is 25.1. The van der Waals surface area contributed by atoms with Gasteiger partial charge in [-0.05, 0) is 37.1 Å². The molecule has 6 heteroatoms. The van der Waals surface area contributed by atoms with Crippen molar-refractivity contribution >= 4 is 17.6 Å². The standard InChI is InChI=1S/C18H23N3O3/c1-24-14-12-20-18(23)19-11-4-5-15-7-9-16(10-8-15)21-13-3-2-6-17(21)22/h7-10H,2-3,6,11-14H2,1H3,(H2,19,20,23). The number of anilines is 1. The van der Waals surface area contributed by atoms with Crippen LogP contribution in [-0.2, 0) is 9.53 Å². The normalized spacial score (nSPS) is 13.9. The zero-order valence-electron chi connectivity index (χ0n) is 13.9. The van der Waals surface area contributed by atoms with Gasteiger partial charge in [-0.25, -0.2) is 4.79 Å². The van der Waals surface area contributed by atoms with E-state index in [0.717, 1.165) is 30.6 Å². The third-order valence-electron chi connectivity index (χ3n) is 3.66. The summed E-state index contributed by atoms with van der Waals surface area (Å²) in [7, 11) is 1.58. The third kappa shape index (κ3) is 5.60. The van der Waals surface area contributed by atoms with Crippen molar-refractivity contribution in [3.05, 3.63) is 29.8 Å². The molecular formula is C18H23N3O3. The first kappa shape index (κ1) is 17.8. The number of nitrogens with one attached hydrogen (secondary N) is 2. The Bertz CT molecular complexity index is 617. The highest BCUT2D eigenvalue weighted by atomic mass is 16.5. The lowest BCUT2D eigenvalue weighted by atomic mass is 10.1. The topological polar surface area (TPSA) is 70.7 Å². The number of hydrogen-bond donors (Lipinski definition) is 2. The average molecular weight is 329 g/mol. The molecule has 2 rings (SSSR count). The van der Waals surface area contributed by atoms with E-state index in [4.69, 9.17) is 4.74 Å². The van der Waals surface area contributed by atoms with Crippen molar-refractivity contribution in [1.82, 2.24) is 10.6 Å². The van der Waals surface area contributed by atoms with Crippen molar-refractivity contribution in [3.8, 4) is 11.8 Å². The van der Waals surface area contributed by atoms with E-state index in [-0.39, 0.29) is 18.5 Å². The van der Waals surface area contributed by atoms with Crippen LogP contribution in [-0.4, -0.2) is 45.3 Å². The van der Waals surface area contributed by atoms with Crippen LogP contribution in [0.2, 0.25) is 0 Å². The second kappa shape index (κ2) is 9.58. The number of hydrogen-bond acceptors (Lipinski definition) is 3. The number of rotatable bonds is 5. The van der Waals surface area contributed by atoms with E-state index >= 15 is 0 Å². The van der Waals surface area contributed by atoms with E-state index in [0.29, 0.717) is 19.6 Å². The van der Waals surface area contributed by atoms with Gasteiger partial charge in [0.05, 0.1) is 13.2 Å². The highest BCUT2D eigenvalue weighted by Crippen LogP contribution is 2.20. The van der Waals surface area contributed by atoms with Gasteiger partial charge in [-0.2, -0.15) is 0 Å². The molecule has 2 N–H and O–H groups in total. The molecule has 0 radical (unpaired) electrons. The average Bonchev–Trinajstić information content (AvgIpc) is 2.60. The van der Waals surface area contributed by atoms with E-state index in [2.05, 4.69) is 22.5 Å². The lowest BCUT2D eigenvalue weighted by molar-refractivity contribution is -0.119. The van der Waals surface area contributed by atoms with E-state index in [1.807, 2.05) is 29.2 Å². The molecule has 3 amide bonds. The molecule has 0 spiro atoms. The molecule has 1 saturated heterocycles. The number of amides is 3. The fraction of sp³-hybridized carbons (Fsp3) is 0.444. The number of benzene rings is 1. The van der Waals surface area contributed by atoms with Gasteiger partial charge in [0.2, 0.25) is 5.91 Å². The number of piperidine rings is 1. The smallest absolute Gasteiger partial charge is 0.315 e. The summed E-state index contributed by atoms with van der Waals surface area (Å²) in [5, 5.41) is 5.30. The summed E-state index contributed by atoms with van der Waals surface area (Å²) in [5.74, 6) is 6.07. The number of methoxy groups -OCH3 is 1. The highest BCUT2D eigenvalue weighted by Gasteiger charge is 2.19. The van der Waals surface area contributed by atoms with Crippen molar-refractivity contribution < 1.29 is 14.3 Å². The van der Waals surface area contributed by atoms with Crippen molar-refractivity contribution in [1.29, 1.82) is 0 Å². The van der Waals surface area contributed by atoms with Crippen LogP contribution in [0, 0.1) is 11.8 Å². The molecule has 0 aliphatic carbocycles. The first-order valence-electron chi connectivity index (χ1n) is 8.10. The van der Waals surface area contributed by atoms with Gasteiger partial charge in [0.15, 0.2) is 0 Å². The van der Waals surface area contributed by atoms with Crippen molar-refractivity contribution in [2.24, 2.45) is 0 Å². The summed E-state index contributed by atoms with van der Waals surface area (Å²) in [6.45, 7) is 1.99. The van der Waals surface area contributed by atoms with Crippen molar-refractivity contribution in [2.75, 3.05) is 38.3 Å². The number of urea groups is 1.